The number of hydrogen-bond acceptors (Lipinski definition) is 3. The molecule has 2 heterocycles. The molecule has 130 valence electrons. The summed E-state index contributed by atoms with van der Waals surface area (Å²) in [6.45, 7) is 9.18. The van der Waals surface area contributed by atoms with Crippen molar-refractivity contribution in [3.63, 3.8) is 0 Å². The Balaban J connectivity index is 2.05. The third-order valence-corrected chi connectivity index (χ3v) is 7.02. The lowest BCUT2D eigenvalue weighted by Gasteiger charge is -2.25. The molecular formula is C18H25N3O2S. The van der Waals surface area contributed by atoms with Crippen molar-refractivity contribution in [3.8, 4) is 0 Å². The molecule has 6 heteroatoms. The van der Waals surface area contributed by atoms with Crippen LogP contribution in [0.3, 0.4) is 0 Å². The van der Waals surface area contributed by atoms with E-state index in [4.69, 9.17) is 0 Å². The first kappa shape index (κ1) is 17.2. The molecule has 0 saturated carbocycles. The predicted molar refractivity (Wildman–Crippen MR) is 94.4 cm³/mol. The van der Waals surface area contributed by atoms with E-state index in [0.717, 1.165) is 41.8 Å². The van der Waals surface area contributed by atoms with Crippen LogP contribution < -0.4 is 0 Å². The smallest absolute Gasteiger partial charge is 0.243 e. The van der Waals surface area contributed by atoms with Crippen molar-refractivity contribution < 1.29 is 8.42 Å². The number of aryl methyl sites for hydroxylation is 4. The number of rotatable bonds is 4. The molecule has 1 saturated heterocycles. The van der Waals surface area contributed by atoms with Gasteiger partial charge in [0.15, 0.2) is 0 Å². The number of sulfonamides is 1. The molecule has 0 spiro atoms. The highest BCUT2D eigenvalue weighted by molar-refractivity contribution is 7.89. The van der Waals surface area contributed by atoms with Gasteiger partial charge in [-0.1, -0.05) is 6.07 Å². The zero-order valence-corrected chi connectivity index (χ0v) is 15.6. The average molecular weight is 347 g/mol. The second-order valence-electron chi connectivity index (χ2n) is 6.55. The van der Waals surface area contributed by atoms with E-state index in [1.165, 1.54) is 0 Å². The van der Waals surface area contributed by atoms with Crippen LogP contribution in [-0.2, 0) is 16.6 Å². The summed E-state index contributed by atoms with van der Waals surface area (Å²) in [6, 6.07) is 5.59. The highest BCUT2D eigenvalue weighted by Crippen LogP contribution is 2.37. The maximum Gasteiger partial charge on any atom is 0.243 e. The fourth-order valence-electron chi connectivity index (χ4n) is 3.55. The van der Waals surface area contributed by atoms with E-state index < -0.39 is 10.0 Å². The van der Waals surface area contributed by atoms with Crippen LogP contribution in [0.2, 0.25) is 0 Å². The van der Waals surface area contributed by atoms with Crippen LogP contribution in [-0.4, -0.2) is 29.0 Å². The van der Waals surface area contributed by atoms with Crippen molar-refractivity contribution in [1.29, 1.82) is 0 Å². The summed E-state index contributed by atoms with van der Waals surface area (Å²) >= 11 is 0. The molecule has 5 nitrogen and oxygen atoms in total. The monoisotopic (exact) mass is 347 g/mol. The van der Waals surface area contributed by atoms with Crippen LogP contribution in [0.15, 0.2) is 29.3 Å². The Hall–Kier alpha value is -1.66. The SMILES string of the molecule is CCn1nccc1[C@@H]1CCCN1S(=O)(=O)c1cc(C)c(C)cc1C. The molecule has 0 aliphatic carbocycles. The molecule has 1 aromatic carbocycles. The zero-order chi connectivity index (χ0) is 17.5. The van der Waals surface area contributed by atoms with Gasteiger partial charge in [-0.15, -0.1) is 0 Å². The molecule has 1 aliphatic heterocycles. The standard InChI is InChI=1S/C18H25N3O2S/c1-5-20-16(8-9-19-20)17-7-6-10-21(17)24(22,23)18-12-14(3)13(2)11-15(18)4/h8-9,11-12,17H,5-7,10H2,1-4H3/t17-/m0/s1. The van der Waals surface area contributed by atoms with Crippen LogP contribution in [0.4, 0.5) is 0 Å². The van der Waals surface area contributed by atoms with Gasteiger partial charge < -0.3 is 0 Å². The highest BCUT2D eigenvalue weighted by atomic mass is 32.2. The summed E-state index contributed by atoms with van der Waals surface area (Å²) in [5, 5.41) is 4.31. The van der Waals surface area contributed by atoms with Crippen molar-refractivity contribution in [3.05, 3.63) is 46.8 Å². The van der Waals surface area contributed by atoms with Crippen LogP contribution in [0.5, 0.6) is 0 Å². The van der Waals surface area contributed by atoms with Gasteiger partial charge in [0.1, 0.15) is 0 Å². The third-order valence-electron chi connectivity index (χ3n) is 4.97. The largest absolute Gasteiger partial charge is 0.268 e. The van der Waals surface area contributed by atoms with Gasteiger partial charge in [0.05, 0.1) is 16.6 Å². The van der Waals surface area contributed by atoms with Crippen molar-refractivity contribution >= 4 is 10.0 Å². The Labute approximate surface area is 144 Å². The van der Waals surface area contributed by atoms with Gasteiger partial charge >= 0.3 is 0 Å². The summed E-state index contributed by atoms with van der Waals surface area (Å²) in [6.07, 6.45) is 3.47. The Morgan fingerprint density at radius 1 is 1.17 bits per heavy atom. The van der Waals surface area contributed by atoms with Gasteiger partial charge in [-0.3, -0.25) is 4.68 Å². The van der Waals surface area contributed by atoms with Gasteiger partial charge in [0.2, 0.25) is 10.0 Å². The lowest BCUT2D eigenvalue weighted by atomic mass is 10.1. The second-order valence-corrected chi connectivity index (χ2v) is 8.41. The van der Waals surface area contributed by atoms with Gasteiger partial charge in [-0.05, 0) is 69.4 Å². The van der Waals surface area contributed by atoms with Crippen LogP contribution in [0.25, 0.3) is 0 Å². The first-order chi connectivity index (χ1) is 11.4. The molecule has 0 bridgehead atoms. The second kappa shape index (κ2) is 6.33. The summed E-state index contributed by atoms with van der Waals surface area (Å²) in [7, 11) is -3.52. The van der Waals surface area contributed by atoms with Crippen molar-refractivity contribution in [2.75, 3.05) is 6.54 Å². The number of benzene rings is 1. The first-order valence-electron chi connectivity index (χ1n) is 8.47. The van der Waals surface area contributed by atoms with E-state index in [0.29, 0.717) is 11.4 Å². The molecule has 1 fully saturated rings. The molecule has 1 aliphatic rings. The van der Waals surface area contributed by atoms with Crippen molar-refractivity contribution in [2.45, 2.75) is 58.0 Å². The van der Waals surface area contributed by atoms with Gasteiger partial charge in [-0.25, -0.2) is 8.42 Å². The normalized spacial score (nSPS) is 19.1. The van der Waals surface area contributed by atoms with E-state index in [9.17, 15) is 8.42 Å². The van der Waals surface area contributed by atoms with E-state index >= 15 is 0 Å². The fraction of sp³-hybridized carbons (Fsp3) is 0.500. The molecule has 0 unspecified atom stereocenters. The summed E-state index contributed by atoms with van der Waals surface area (Å²) in [4.78, 5) is 0.431. The fourth-order valence-corrected chi connectivity index (χ4v) is 5.51. The third kappa shape index (κ3) is 2.78. The van der Waals surface area contributed by atoms with E-state index in [1.807, 2.05) is 50.6 Å². The zero-order valence-electron chi connectivity index (χ0n) is 14.8. The lowest BCUT2D eigenvalue weighted by Crippen LogP contribution is -2.32. The minimum absolute atomic E-state index is 0.126. The van der Waals surface area contributed by atoms with Crippen molar-refractivity contribution in [2.24, 2.45) is 0 Å². The van der Waals surface area contributed by atoms with Gasteiger partial charge in [0.25, 0.3) is 0 Å². The number of nitrogens with zero attached hydrogens (tertiary/aromatic N) is 3. The number of hydrogen-bond donors (Lipinski definition) is 0. The van der Waals surface area contributed by atoms with Crippen molar-refractivity contribution in [1.82, 2.24) is 14.1 Å². The minimum atomic E-state index is -3.52. The van der Waals surface area contributed by atoms with Gasteiger partial charge in [0, 0.05) is 19.3 Å². The molecule has 24 heavy (non-hydrogen) atoms. The minimum Gasteiger partial charge on any atom is -0.268 e. The Morgan fingerprint density at radius 3 is 2.58 bits per heavy atom. The Morgan fingerprint density at radius 2 is 1.88 bits per heavy atom. The molecule has 3 rings (SSSR count). The quantitative estimate of drug-likeness (QED) is 0.852. The maximum atomic E-state index is 13.3. The molecule has 0 N–H and O–H groups in total. The topological polar surface area (TPSA) is 55.2 Å². The Bertz CT molecular complexity index is 855. The van der Waals surface area contributed by atoms with E-state index in [-0.39, 0.29) is 6.04 Å². The van der Waals surface area contributed by atoms with E-state index in [1.54, 1.807) is 10.5 Å². The Kier molecular flexibility index (Phi) is 4.53. The van der Waals surface area contributed by atoms with Crippen LogP contribution in [0.1, 0.15) is 48.2 Å². The molecule has 1 atom stereocenters. The van der Waals surface area contributed by atoms with Gasteiger partial charge in [-0.2, -0.15) is 9.40 Å². The summed E-state index contributed by atoms with van der Waals surface area (Å²) in [5.41, 5.74) is 3.93. The maximum absolute atomic E-state index is 13.3. The molecule has 1 aromatic heterocycles. The molecule has 0 amide bonds. The highest BCUT2D eigenvalue weighted by Gasteiger charge is 2.38. The molecular weight excluding hydrogens is 322 g/mol. The average Bonchev–Trinajstić information content (AvgIpc) is 3.18. The van der Waals surface area contributed by atoms with Crippen LogP contribution in [0, 0.1) is 20.8 Å². The molecule has 0 radical (unpaired) electrons. The predicted octanol–water partition coefficient (Wildman–Crippen LogP) is 3.35. The van der Waals surface area contributed by atoms with Crippen LogP contribution >= 0.6 is 0 Å². The molecule has 2 aromatic rings. The number of aromatic nitrogens is 2. The summed E-state index contributed by atoms with van der Waals surface area (Å²) < 4.78 is 30.2. The lowest BCUT2D eigenvalue weighted by molar-refractivity contribution is 0.375. The first-order valence-corrected chi connectivity index (χ1v) is 9.91. The summed E-state index contributed by atoms with van der Waals surface area (Å²) in [5.74, 6) is 0. The van der Waals surface area contributed by atoms with E-state index in [2.05, 4.69) is 5.10 Å².